The Bertz CT molecular complexity index is 1710. The number of aryl methyl sites for hydroxylation is 1. The fourth-order valence-corrected chi connectivity index (χ4v) is 5.69. The smallest absolute Gasteiger partial charge is 0.272 e. The Morgan fingerprint density at radius 2 is 1.40 bits per heavy atom. The Labute approximate surface area is 310 Å². The number of benzene rings is 2. The summed E-state index contributed by atoms with van der Waals surface area (Å²) in [5.41, 5.74) is 19.0. The highest BCUT2D eigenvalue weighted by Gasteiger charge is 2.33. The van der Waals surface area contributed by atoms with E-state index in [2.05, 4.69) is 31.4 Å². The SMILES string of the molecule is CC[C@H](C)[C@H](NC(=O)[C@H](CC(C)C)NC(=O)[C@H](CCCN=C(N)N)NC(=O)c1cc(C)n(-c2ccccc2)n1)C(=O)N[C@@H](Cc1ccccc1)C(N)=O. The third kappa shape index (κ3) is 13.1. The number of amides is 5. The van der Waals surface area contributed by atoms with Crippen LogP contribution in [0.1, 0.15) is 75.1 Å². The fraction of sp³-hybridized carbons (Fsp3) is 0.447. The molecule has 0 fully saturated rings. The Morgan fingerprint density at radius 3 is 1.98 bits per heavy atom. The molecule has 10 N–H and O–H groups in total. The van der Waals surface area contributed by atoms with Crippen molar-refractivity contribution in [2.45, 2.75) is 90.9 Å². The Kier molecular flexibility index (Phi) is 16.0. The van der Waals surface area contributed by atoms with Crippen LogP contribution in [0.2, 0.25) is 0 Å². The van der Waals surface area contributed by atoms with E-state index in [1.54, 1.807) is 17.7 Å². The maximum Gasteiger partial charge on any atom is 0.272 e. The average molecular weight is 731 g/mol. The largest absolute Gasteiger partial charge is 0.370 e. The van der Waals surface area contributed by atoms with Crippen LogP contribution in [0.4, 0.5) is 0 Å². The molecule has 1 aromatic heterocycles. The number of aromatic nitrogens is 2. The van der Waals surface area contributed by atoms with Gasteiger partial charge < -0.3 is 38.5 Å². The van der Waals surface area contributed by atoms with E-state index in [-0.39, 0.29) is 49.3 Å². The van der Waals surface area contributed by atoms with Crippen LogP contribution in [0.5, 0.6) is 0 Å². The lowest BCUT2D eigenvalue weighted by atomic mass is 9.95. The molecule has 0 aliphatic heterocycles. The van der Waals surface area contributed by atoms with Crippen molar-refractivity contribution in [2.75, 3.05) is 6.54 Å². The highest BCUT2D eigenvalue weighted by molar-refractivity contribution is 5.98. The van der Waals surface area contributed by atoms with Crippen LogP contribution in [-0.2, 0) is 25.6 Å². The third-order valence-electron chi connectivity index (χ3n) is 8.76. The van der Waals surface area contributed by atoms with Crippen molar-refractivity contribution < 1.29 is 24.0 Å². The molecule has 0 saturated carbocycles. The standard InChI is InChI=1S/C38H54N10O5/c1-6-24(4)32(37(53)44-29(33(39)49)22-26-14-9-7-10-15-26)46-35(51)30(20-23(2)3)45-34(50)28(18-13-19-42-38(40)41)43-36(52)31-21-25(5)48(47-31)27-16-11-8-12-17-27/h7-12,14-17,21,23-24,28-30,32H,6,13,18-20,22H2,1-5H3,(H2,39,49)(H,43,52)(H,44,53)(H,45,50)(H,46,51)(H4,40,41,42)/t24-,28-,29-,30-,32-/m0/s1. The van der Waals surface area contributed by atoms with E-state index in [0.717, 1.165) is 11.3 Å². The van der Waals surface area contributed by atoms with E-state index in [1.807, 2.05) is 88.4 Å². The molecular formula is C38H54N10O5. The molecule has 3 rings (SSSR count). The highest BCUT2D eigenvalue weighted by atomic mass is 16.2. The molecule has 0 radical (unpaired) electrons. The average Bonchev–Trinajstić information content (AvgIpc) is 3.52. The molecule has 0 aliphatic rings. The second-order valence-corrected chi connectivity index (χ2v) is 13.6. The molecular weight excluding hydrogens is 676 g/mol. The van der Waals surface area contributed by atoms with Crippen LogP contribution in [0, 0.1) is 18.8 Å². The number of nitrogens with two attached hydrogens (primary N) is 3. The lowest BCUT2D eigenvalue weighted by Crippen LogP contribution is -2.59. The van der Waals surface area contributed by atoms with Crippen LogP contribution in [0.3, 0.4) is 0 Å². The van der Waals surface area contributed by atoms with Crippen LogP contribution in [-0.4, -0.2) is 76.0 Å². The summed E-state index contributed by atoms with van der Waals surface area (Å²) in [6.45, 7) is 9.50. The number of para-hydroxylation sites is 1. The fourth-order valence-electron chi connectivity index (χ4n) is 5.69. The summed E-state index contributed by atoms with van der Waals surface area (Å²) in [7, 11) is 0. The minimum absolute atomic E-state index is 0.0353. The molecule has 0 unspecified atom stereocenters. The van der Waals surface area contributed by atoms with E-state index < -0.39 is 53.7 Å². The van der Waals surface area contributed by atoms with Crippen molar-refractivity contribution in [3.05, 3.63) is 83.7 Å². The molecule has 5 amide bonds. The van der Waals surface area contributed by atoms with Gasteiger partial charge in [-0.1, -0.05) is 82.6 Å². The molecule has 0 spiro atoms. The first-order valence-electron chi connectivity index (χ1n) is 17.9. The lowest BCUT2D eigenvalue weighted by molar-refractivity contribution is -0.134. The van der Waals surface area contributed by atoms with Crippen LogP contribution in [0.25, 0.3) is 5.69 Å². The zero-order valence-corrected chi connectivity index (χ0v) is 31.2. The molecule has 3 aromatic rings. The highest BCUT2D eigenvalue weighted by Crippen LogP contribution is 2.15. The summed E-state index contributed by atoms with van der Waals surface area (Å²) in [6, 6.07) is 15.9. The number of hydrogen-bond donors (Lipinski definition) is 7. The van der Waals surface area contributed by atoms with E-state index in [9.17, 15) is 24.0 Å². The minimum atomic E-state index is -1.08. The summed E-state index contributed by atoms with van der Waals surface area (Å²) < 4.78 is 1.63. The van der Waals surface area contributed by atoms with Gasteiger partial charge in [-0.25, -0.2) is 4.68 Å². The summed E-state index contributed by atoms with van der Waals surface area (Å²) in [6.07, 6.45) is 1.44. The molecule has 2 aromatic carbocycles. The predicted molar refractivity (Wildman–Crippen MR) is 204 cm³/mol. The molecule has 0 bridgehead atoms. The van der Waals surface area contributed by atoms with Crippen LogP contribution >= 0.6 is 0 Å². The number of aliphatic imine (C=N–C) groups is 1. The number of nitrogens with one attached hydrogen (secondary N) is 4. The minimum Gasteiger partial charge on any atom is -0.370 e. The summed E-state index contributed by atoms with van der Waals surface area (Å²) in [5.74, 6) is -3.53. The number of nitrogens with zero attached hydrogens (tertiary/aromatic N) is 3. The quantitative estimate of drug-likeness (QED) is 0.0511. The summed E-state index contributed by atoms with van der Waals surface area (Å²) >= 11 is 0. The van der Waals surface area contributed by atoms with Crippen molar-refractivity contribution in [1.29, 1.82) is 0 Å². The van der Waals surface area contributed by atoms with E-state index >= 15 is 0 Å². The van der Waals surface area contributed by atoms with Gasteiger partial charge >= 0.3 is 0 Å². The van der Waals surface area contributed by atoms with Gasteiger partial charge in [-0.05, 0) is 61.8 Å². The van der Waals surface area contributed by atoms with Gasteiger partial charge in [0.15, 0.2) is 11.7 Å². The number of rotatable bonds is 20. The van der Waals surface area contributed by atoms with Crippen LogP contribution in [0.15, 0.2) is 71.7 Å². The zero-order chi connectivity index (χ0) is 39.1. The Morgan fingerprint density at radius 1 is 0.792 bits per heavy atom. The van der Waals surface area contributed by atoms with Gasteiger partial charge in [0.25, 0.3) is 5.91 Å². The van der Waals surface area contributed by atoms with E-state index in [4.69, 9.17) is 17.2 Å². The molecule has 53 heavy (non-hydrogen) atoms. The molecule has 15 heteroatoms. The number of guanidine groups is 1. The van der Waals surface area contributed by atoms with Crippen molar-refractivity contribution in [2.24, 2.45) is 34.0 Å². The number of carbonyl (C=O) groups excluding carboxylic acids is 5. The Hall–Kier alpha value is -5.73. The van der Waals surface area contributed by atoms with Crippen molar-refractivity contribution >= 4 is 35.5 Å². The number of hydrogen-bond acceptors (Lipinski definition) is 7. The summed E-state index contributed by atoms with van der Waals surface area (Å²) in [4.78, 5) is 71.2. The van der Waals surface area contributed by atoms with Gasteiger partial charge in [0, 0.05) is 18.7 Å². The first-order chi connectivity index (χ1) is 25.2. The topological polar surface area (TPSA) is 242 Å². The zero-order valence-electron chi connectivity index (χ0n) is 31.2. The predicted octanol–water partition coefficient (Wildman–Crippen LogP) is 1.61. The Balaban J connectivity index is 1.81. The van der Waals surface area contributed by atoms with Gasteiger partial charge in [0.2, 0.25) is 23.6 Å². The van der Waals surface area contributed by atoms with Gasteiger partial charge in [-0.15, -0.1) is 0 Å². The van der Waals surface area contributed by atoms with Gasteiger partial charge in [0.1, 0.15) is 24.2 Å². The lowest BCUT2D eigenvalue weighted by Gasteiger charge is -2.29. The third-order valence-corrected chi connectivity index (χ3v) is 8.76. The second kappa shape index (κ2) is 20.3. The van der Waals surface area contributed by atoms with Gasteiger partial charge in [0.05, 0.1) is 5.69 Å². The maximum absolute atomic E-state index is 13.9. The second-order valence-electron chi connectivity index (χ2n) is 13.6. The molecule has 286 valence electrons. The molecule has 5 atom stereocenters. The van der Waals surface area contributed by atoms with Crippen molar-refractivity contribution in [3.8, 4) is 5.69 Å². The molecule has 0 saturated heterocycles. The first kappa shape index (κ1) is 41.7. The molecule has 15 nitrogen and oxygen atoms in total. The van der Waals surface area contributed by atoms with Gasteiger partial charge in [-0.2, -0.15) is 5.10 Å². The first-order valence-corrected chi connectivity index (χ1v) is 17.9. The van der Waals surface area contributed by atoms with Crippen LogP contribution < -0.4 is 38.5 Å². The number of carbonyl (C=O) groups is 5. The van der Waals surface area contributed by atoms with E-state index in [0.29, 0.717) is 18.5 Å². The van der Waals surface area contributed by atoms with Gasteiger partial charge in [-0.3, -0.25) is 29.0 Å². The van der Waals surface area contributed by atoms with E-state index in [1.165, 1.54) is 0 Å². The monoisotopic (exact) mass is 730 g/mol. The molecule has 0 aliphatic carbocycles. The molecule has 1 heterocycles. The summed E-state index contributed by atoms with van der Waals surface area (Å²) in [5, 5.41) is 15.6. The normalized spacial score (nSPS) is 13.8. The van der Waals surface area contributed by atoms with Crippen molar-refractivity contribution in [3.63, 3.8) is 0 Å². The van der Waals surface area contributed by atoms with Crippen molar-refractivity contribution in [1.82, 2.24) is 31.0 Å². The number of primary amides is 1. The maximum atomic E-state index is 13.9.